The van der Waals surface area contributed by atoms with Crippen LogP contribution in [0.4, 0.5) is 10.5 Å². The first-order valence-corrected chi connectivity index (χ1v) is 7.20. The van der Waals surface area contributed by atoms with Gasteiger partial charge in [-0.2, -0.15) is 0 Å². The molecule has 0 aliphatic carbocycles. The highest BCUT2D eigenvalue weighted by Crippen LogP contribution is 2.19. The standard InChI is InChI=1S/C16H17BrN2O/c1-11-3-5-13(6-4-11)10-18-16(20)19-15-8-7-14(17)9-12(15)2/h3-9H,10H2,1-2H3,(H2,18,19,20). The number of benzene rings is 2. The first-order valence-electron chi connectivity index (χ1n) is 6.41. The lowest BCUT2D eigenvalue weighted by atomic mass is 10.1. The van der Waals surface area contributed by atoms with Gasteiger partial charge in [0.05, 0.1) is 0 Å². The number of halogens is 1. The highest BCUT2D eigenvalue weighted by Gasteiger charge is 2.04. The van der Waals surface area contributed by atoms with Crippen LogP contribution in [0.5, 0.6) is 0 Å². The summed E-state index contributed by atoms with van der Waals surface area (Å²) in [5.74, 6) is 0. The molecule has 0 saturated heterocycles. The molecular weight excluding hydrogens is 316 g/mol. The average Bonchev–Trinajstić information content (AvgIpc) is 2.41. The Morgan fingerprint density at radius 2 is 1.80 bits per heavy atom. The lowest BCUT2D eigenvalue weighted by Gasteiger charge is -2.10. The number of hydrogen-bond donors (Lipinski definition) is 2. The summed E-state index contributed by atoms with van der Waals surface area (Å²) in [4.78, 5) is 11.9. The Morgan fingerprint density at radius 1 is 1.10 bits per heavy atom. The molecule has 0 aliphatic heterocycles. The van der Waals surface area contributed by atoms with Gasteiger partial charge >= 0.3 is 6.03 Å². The van der Waals surface area contributed by atoms with Crippen LogP contribution in [-0.4, -0.2) is 6.03 Å². The van der Waals surface area contributed by atoms with E-state index in [0.717, 1.165) is 21.3 Å². The molecule has 0 heterocycles. The highest BCUT2D eigenvalue weighted by molar-refractivity contribution is 9.10. The van der Waals surface area contributed by atoms with Gasteiger partial charge in [-0.15, -0.1) is 0 Å². The fourth-order valence-corrected chi connectivity index (χ4v) is 2.30. The summed E-state index contributed by atoms with van der Waals surface area (Å²) in [6.07, 6.45) is 0. The topological polar surface area (TPSA) is 41.1 Å². The number of nitrogens with one attached hydrogen (secondary N) is 2. The molecule has 3 nitrogen and oxygen atoms in total. The summed E-state index contributed by atoms with van der Waals surface area (Å²) in [6, 6.07) is 13.7. The van der Waals surface area contributed by atoms with Gasteiger partial charge in [-0.05, 0) is 43.2 Å². The van der Waals surface area contributed by atoms with Gasteiger partial charge in [0.2, 0.25) is 0 Å². The highest BCUT2D eigenvalue weighted by atomic mass is 79.9. The third kappa shape index (κ3) is 4.10. The van der Waals surface area contributed by atoms with Crippen LogP contribution in [0.25, 0.3) is 0 Å². The molecule has 0 radical (unpaired) electrons. The van der Waals surface area contributed by atoms with E-state index >= 15 is 0 Å². The number of carbonyl (C=O) groups is 1. The molecule has 104 valence electrons. The van der Waals surface area contributed by atoms with E-state index in [9.17, 15) is 4.79 Å². The molecule has 0 atom stereocenters. The van der Waals surface area contributed by atoms with E-state index in [1.165, 1.54) is 5.56 Å². The van der Waals surface area contributed by atoms with Crippen molar-refractivity contribution >= 4 is 27.6 Å². The van der Waals surface area contributed by atoms with Gasteiger partial charge in [0.15, 0.2) is 0 Å². The zero-order valence-electron chi connectivity index (χ0n) is 11.5. The SMILES string of the molecule is Cc1ccc(CNC(=O)Nc2ccc(Br)cc2C)cc1. The number of rotatable bonds is 3. The van der Waals surface area contributed by atoms with Crippen LogP contribution in [0.2, 0.25) is 0 Å². The summed E-state index contributed by atoms with van der Waals surface area (Å²) < 4.78 is 1.00. The van der Waals surface area contributed by atoms with E-state index in [1.807, 2.05) is 56.3 Å². The van der Waals surface area contributed by atoms with Gasteiger partial charge in [0, 0.05) is 16.7 Å². The van der Waals surface area contributed by atoms with Gasteiger partial charge in [0.25, 0.3) is 0 Å². The number of carbonyl (C=O) groups excluding carboxylic acids is 1. The second-order valence-electron chi connectivity index (χ2n) is 4.75. The van der Waals surface area contributed by atoms with Gasteiger partial charge in [-0.25, -0.2) is 4.79 Å². The zero-order chi connectivity index (χ0) is 14.5. The lowest BCUT2D eigenvalue weighted by molar-refractivity contribution is 0.251. The summed E-state index contributed by atoms with van der Waals surface area (Å²) >= 11 is 3.40. The molecule has 0 bridgehead atoms. The normalized spacial score (nSPS) is 10.2. The average molecular weight is 333 g/mol. The molecule has 2 N–H and O–H groups in total. The van der Waals surface area contributed by atoms with Gasteiger partial charge in [-0.1, -0.05) is 45.8 Å². The second-order valence-corrected chi connectivity index (χ2v) is 5.67. The third-order valence-electron chi connectivity index (χ3n) is 3.01. The minimum absolute atomic E-state index is 0.198. The number of urea groups is 1. The van der Waals surface area contributed by atoms with Crippen LogP contribution in [-0.2, 0) is 6.54 Å². The van der Waals surface area contributed by atoms with Crippen molar-refractivity contribution < 1.29 is 4.79 Å². The first-order chi connectivity index (χ1) is 9.54. The molecule has 0 saturated carbocycles. The molecular formula is C16H17BrN2O. The van der Waals surface area contributed by atoms with Gasteiger partial charge in [-0.3, -0.25) is 0 Å². The summed E-state index contributed by atoms with van der Waals surface area (Å²) in [6.45, 7) is 4.52. The zero-order valence-corrected chi connectivity index (χ0v) is 13.1. The second kappa shape index (κ2) is 6.57. The van der Waals surface area contributed by atoms with Crippen molar-refractivity contribution in [1.82, 2.24) is 5.32 Å². The van der Waals surface area contributed by atoms with Crippen molar-refractivity contribution in [3.05, 3.63) is 63.6 Å². The predicted octanol–water partition coefficient (Wildman–Crippen LogP) is 4.39. The van der Waals surface area contributed by atoms with Crippen molar-refractivity contribution in [3.8, 4) is 0 Å². The molecule has 2 aromatic carbocycles. The summed E-state index contributed by atoms with van der Waals surface area (Å²) in [7, 11) is 0. The van der Waals surface area contributed by atoms with Crippen LogP contribution >= 0.6 is 15.9 Å². The molecule has 0 aromatic heterocycles. The van der Waals surface area contributed by atoms with E-state index < -0.39 is 0 Å². The molecule has 0 spiro atoms. The Morgan fingerprint density at radius 3 is 2.45 bits per heavy atom. The minimum atomic E-state index is -0.198. The van der Waals surface area contributed by atoms with Crippen LogP contribution < -0.4 is 10.6 Å². The number of aryl methyl sites for hydroxylation is 2. The number of amides is 2. The van der Waals surface area contributed by atoms with Crippen molar-refractivity contribution in [2.24, 2.45) is 0 Å². The Labute approximate surface area is 127 Å². The minimum Gasteiger partial charge on any atom is -0.334 e. The molecule has 2 amide bonds. The molecule has 2 aromatic rings. The van der Waals surface area contributed by atoms with Crippen molar-refractivity contribution in [2.75, 3.05) is 5.32 Å². The molecule has 20 heavy (non-hydrogen) atoms. The summed E-state index contributed by atoms with van der Waals surface area (Å²) in [5, 5.41) is 5.70. The molecule has 4 heteroatoms. The monoisotopic (exact) mass is 332 g/mol. The molecule has 0 unspecified atom stereocenters. The van der Waals surface area contributed by atoms with E-state index in [0.29, 0.717) is 6.54 Å². The van der Waals surface area contributed by atoms with Gasteiger partial charge < -0.3 is 10.6 Å². The fraction of sp³-hybridized carbons (Fsp3) is 0.188. The maximum Gasteiger partial charge on any atom is 0.319 e. The van der Waals surface area contributed by atoms with Crippen LogP contribution in [0.15, 0.2) is 46.9 Å². The number of anilines is 1. The maximum atomic E-state index is 11.9. The van der Waals surface area contributed by atoms with E-state index in [1.54, 1.807) is 0 Å². The summed E-state index contributed by atoms with van der Waals surface area (Å²) in [5.41, 5.74) is 4.13. The Hall–Kier alpha value is -1.81. The van der Waals surface area contributed by atoms with E-state index in [-0.39, 0.29) is 6.03 Å². The number of hydrogen-bond acceptors (Lipinski definition) is 1. The first kappa shape index (κ1) is 14.6. The Kier molecular flexibility index (Phi) is 4.79. The third-order valence-corrected chi connectivity index (χ3v) is 3.50. The smallest absolute Gasteiger partial charge is 0.319 e. The fourth-order valence-electron chi connectivity index (χ4n) is 1.82. The van der Waals surface area contributed by atoms with Crippen LogP contribution in [0.1, 0.15) is 16.7 Å². The Bertz CT molecular complexity index is 608. The molecule has 2 rings (SSSR count). The van der Waals surface area contributed by atoms with Crippen molar-refractivity contribution in [2.45, 2.75) is 20.4 Å². The Balaban J connectivity index is 1.90. The lowest BCUT2D eigenvalue weighted by Crippen LogP contribution is -2.28. The maximum absolute atomic E-state index is 11.9. The van der Waals surface area contributed by atoms with Crippen LogP contribution in [0.3, 0.4) is 0 Å². The van der Waals surface area contributed by atoms with E-state index in [4.69, 9.17) is 0 Å². The van der Waals surface area contributed by atoms with Gasteiger partial charge in [0.1, 0.15) is 0 Å². The largest absolute Gasteiger partial charge is 0.334 e. The molecule has 0 aliphatic rings. The van der Waals surface area contributed by atoms with Crippen LogP contribution in [0, 0.1) is 13.8 Å². The molecule has 0 fully saturated rings. The van der Waals surface area contributed by atoms with Crippen molar-refractivity contribution in [3.63, 3.8) is 0 Å². The quantitative estimate of drug-likeness (QED) is 0.859. The predicted molar refractivity (Wildman–Crippen MR) is 85.9 cm³/mol. The van der Waals surface area contributed by atoms with Crippen molar-refractivity contribution in [1.29, 1.82) is 0 Å². The van der Waals surface area contributed by atoms with E-state index in [2.05, 4.69) is 26.6 Å².